The van der Waals surface area contributed by atoms with Gasteiger partial charge in [-0.2, -0.15) is 0 Å². The first kappa shape index (κ1) is 17.0. The summed E-state index contributed by atoms with van der Waals surface area (Å²) in [5.41, 5.74) is 0.980. The highest BCUT2D eigenvalue weighted by Crippen LogP contribution is 2.11. The first-order valence-corrected chi connectivity index (χ1v) is 7.68. The van der Waals surface area contributed by atoms with Crippen molar-refractivity contribution in [2.24, 2.45) is 0 Å². The third-order valence-corrected chi connectivity index (χ3v) is 3.30. The molecule has 0 radical (unpaired) electrons. The van der Waals surface area contributed by atoms with Crippen molar-refractivity contribution in [1.29, 1.82) is 0 Å². The molecule has 2 heterocycles. The Morgan fingerprint density at radius 2 is 2.13 bits per heavy atom. The summed E-state index contributed by atoms with van der Waals surface area (Å²) in [7, 11) is 0. The molecule has 2 rings (SSSR count). The number of anilines is 1. The molecule has 0 aliphatic rings. The smallest absolute Gasteiger partial charge is 0.322 e. The van der Waals surface area contributed by atoms with Gasteiger partial charge in [-0.3, -0.25) is 9.69 Å². The minimum Gasteiger partial charge on any atom is -0.480 e. The first-order valence-electron chi connectivity index (χ1n) is 7.68. The van der Waals surface area contributed by atoms with E-state index in [0.717, 1.165) is 43.8 Å². The van der Waals surface area contributed by atoms with Crippen molar-refractivity contribution in [2.75, 3.05) is 18.4 Å². The van der Waals surface area contributed by atoms with Crippen molar-refractivity contribution in [2.45, 2.75) is 32.9 Å². The largest absolute Gasteiger partial charge is 0.480 e. The summed E-state index contributed by atoms with van der Waals surface area (Å²) in [6, 6.07) is 3.85. The number of aliphatic carboxylic acids is 1. The van der Waals surface area contributed by atoms with Gasteiger partial charge in [-0.25, -0.2) is 9.97 Å². The van der Waals surface area contributed by atoms with Crippen LogP contribution < -0.4 is 5.32 Å². The number of furan rings is 1. The lowest BCUT2D eigenvalue weighted by Crippen LogP contribution is -2.24. The molecule has 2 N–H and O–H groups in total. The van der Waals surface area contributed by atoms with Crippen molar-refractivity contribution in [1.82, 2.24) is 14.9 Å². The fourth-order valence-electron chi connectivity index (χ4n) is 2.16. The number of hydrogen-bond acceptors (Lipinski definition) is 6. The van der Waals surface area contributed by atoms with Gasteiger partial charge in [-0.05, 0) is 25.1 Å². The Morgan fingerprint density at radius 3 is 2.74 bits per heavy atom. The number of nitrogens with zero attached hydrogens (tertiary/aromatic N) is 3. The summed E-state index contributed by atoms with van der Waals surface area (Å²) in [5.74, 6) is 0.311. The van der Waals surface area contributed by atoms with Crippen LogP contribution in [0.2, 0.25) is 0 Å². The molecule has 0 unspecified atom stereocenters. The lowest BCUT2D eigenvalue weighted by atomic mass is 10.2. The Labute approximate surface area is 135 Å². The Balaban J connectivity index is 1.93. The molecular weight excluding hydrogens is 296 g/mol. The van der Waals surface area contributed by atoms with Crippen LogP contribution in [0.15, 0.2) is 35.2 Å². The van der Waals surface area contributed by atoms with Gasteiger partial charge >= 0.3 is 5.97 Å². The number of rotatable bonds is 10. The number of carboxylic acid groups (broad SMARTS) is 1. The van der Waals surface area contributed by atoms with E-state index in [2.05, 4.69) is 27.1 Å². The average Bonchev–Trinajstić information content (AvgIpc) is 3.05. The molecule has 2 aromatic heterocycles. The lowest BCUT2D eigenvalue weighted by molar-refractivity contribution is -0.134. The average molecular weight is 318 g/mol. The number of unbranched alkanes of at least 4 members (excludes halogenated alkanes) is 1. The molecule has 7 heteroatoms. The van der Waals surface area contributed by atoms with Crippen LogP contribution in [-0.2, 0) is 17.9 Å². The molecule has 0 aliphatic heterocycles. The van der Waals surface area contributed by atoms with Crippen molar-refractivity contribution in [3.8, 4) is 0 Å². The maximum Gasteiger partial charge on any atom is 0.322 e. The maximum atomic E-state index is 10.5. The Morgan fingerprint density at radius 1 is 1.35 bits per heavy atom. The molecule has 0 bridgehead atoms. The fourth-order valence-corrected chi connectivity index (χ4v) is 2.16. The summed E-state index contributed by atoms with van der Waals surface area (Å²) >= 11 is 0. The Bertz CT molecular complexity index is 584. The third-order valence-electron chi connectivity index (χ3n) is 3.30. The van der Waals surface area contributed by atoms with Gasteiger partial charge in [0.25, 0.3) is 0 Å². The van der Waals surface area contributed by atoms with Crippen LogP contribution in [0.1, 0.15) is 31.1 Å². The SMILES string of the molecule is CCCCN(Cc1cnc(NCC(=O)O)nc1)Cc1ccco1. The second-order valence-corrected chi connectivity index (χ2v) is 5.31. The molecule has 124 valence electrons. The molecule has 0 amide bonds. The van der Waals surface area contributed by atoms with E-state index >= 15 is 0 Å². The molecule has 0 fully saturated rings. The zero-order valence-corrected chi connectivity index (χ0v) is 13.2. The van der Waals surface area contributed by atoms with Crippen LogP contribution in [-0.4, -0.2) is 39.0 Å². The summed E-state index contributed by atoms with van der Waals surface area (Å²) in [6.07, 6.45) is 7.36. The van der Waals surface area contributed by atoms with E-state index in [1.54, 1.807) is 18.7 Å². The fraction of sp³-hybridized carbons (Fsp3) is 0.438. The Kier molecular flexibility index (Phi) is 6.56. The molecular formula is C16H22N4O3. The van der Waals surface area contributed by atoms with E-state index < -0.39 is 5.97 Å². The van der Waals surface area contributed by atoms with Gasteiger partial charge in [-0.15, -0.1) is 0 Å². The van der Waals surface area contributed by atoms with Gasteiger partial charge < -0.3 is 14.8 Å². The van der Waals surface area contributed by atoms with Crippen molar-refractivity contribution >= 4 is 11.9 Å². The lowest BCUT2D eigenvalue weighted by Gasteiger charge is -2.20. The van der Waals surface area contributed by atoms with Gasteiger partial charge in [-0.1, -0.05) is 13.3 Å². The normalized spacial score (nSPS) is 10.9. The highest BCUT2D eigenvalue weighted by molar-refractivity contribution is 5.71. The monoisotopic (exact) mass is 318 g/mol. The topological polar surface area (TPSA) is 91.5 Å². The third kappa shape index (κ3) is 6.07. The molecule has 0 saturated carbocycles. The van der Waals surface area contributed by atoms with Crippen LogP contribution in [0, 0.1) is 0 Å². The Hall–Kier alpha value is -2.41. The number of carbonyl (C=O) groups is 1. The van der Waals surface area contributed by atoms with Crippen molar-refractivity contribution in [3.63, 3.8) is 0 Å². The second kappa shape index (κ2) is 8.89. The van der Waals surface area contributed by atoms with E-state index in [9.17, 15) is 4.79 Å². The maximum absolute atomic E-state index is 10.5. The van der Waals surface area contributed by atoms with Crippen LogP contribution in [0.4, 0.5) is 5.95 Å². The summed E-state index contributed by atoms with van der Waals surface area (Å²) in [6.45, 7) is 4.40. The van der Waals surface area contributed by atoms with E-state index in [0.29, 0.717) is 5.95 Å². The number of carboxylic acids is 1. The quantitative estimate of drug-likeness (QED) is 0.695. The molecule has 7 nitrogen and oxygen atoms in total. The van der Waals surface area contributed by atoms with Crippen molar-refractivity contribution in [3.05, 3.63) is 42.1 Å². The van der Waals surface area contributed by atoms with Crippen molar-refractivity contribution < 1.29 is 14.3 Å². The molecule has 0 spiro atoms. The van der Waals surface area contributed by atoms with Gasteiger partial charge in [0.2, 0.25) is 5.95 Å². The number of hydrogen-bond donors (Lipinski definition) is 2. The predicted octanol–water partition coefficient (Wildman–Crippen LogP) is 2.37. The van der Waals surface area contributed by atoms with E-state index in [-0.39, 0.29) is 6.54 Å². The van der Waals surface area contributed by atoms with Crippen LogP contribution >= 0.6 is 0 Å². The van der Waals surface area contributed by atoms with Crippen LogP contribution in [0.25, 0.3) is 0 Å². The molecule has 23 heavy (non-hydrogen) atoms. The van der Waals surface area contributed by atoms with Gasteiger partial charge in [0, 0.05) is 24.5 Å². The number of aromatic nitrogens is 2. The zero-order valence-electron chi connectivity index (χ0n) is 13.2. The molecule has 0 saturated heterocycles. The van der Waals surface area contributed by atoms with Crippen LogP contribution in [0.5, 0.6) is 0 Å². The minimum absolute atomic E-state index is 0.194. The van der Waals surface area contributed by atoms with Gasteiger partial charge in [0.1, 0.15) is 12.3 Å². The standard InChI is InChI=1S/C16H22N4O3/c1-2-3-6-20(12-14-5-4-7-23-14)11-13-8-17-16(18-9-13)19-10-15(21)22/h4-5,7-9H,2-3,6,10-12H2,1H3,(H,21,22)(H,17,18,19). The summed E-state index contributed by atoms with van der Waals surface area (Å²) in [4.78, 5) is 21.1. The number of nitrogens with one attached hydrogen (secondary N) is 1. The molecule has 2 aromatic rings. The minimum atomic E-state index is -0.943. The summed E-state index contributed by atoms with van der Waals surface area (Å²) in [5, 5.41) is 11.3. The predicted molar refractivity (Wildman–Crippen MR) is 85.9 cm³/mol. The van der Waals surface area contributed by atoms with E-state index in [1.807, 2.05) is 12.1 Å². The summed E-state index contributed by atoms with van der Waals surface area (Å²) < 4.78 is 5.42. The molecule has 0 aliphatic carbocycles. The van der Waals surface area contributed by atoms with Gasteiger partial charge in [0.15, 0.2) is 0 Å². The zero-order chi connectivity index (χ0) is 16.5. The van der Waals surface area contributed by atoms with E-state index in [1.165, 1.54) is 0 Å². The first-order chi connectivity index (χ1) is 11.2. The highest BCUT2D eigenvalue weighted by atomic mass is 16.4. The second-order valence-electron chi connectivity index (χ2n) is 5.31. The van der Waals surface area contributed by atoms with E-state index in [4.69, 9.17) is 9.52 Å². The van der Waals surface area contributed by atoms with Gasteiger partial charge in [0.05, 0.1) is 12.8 Å². The van der Waals surface area contributed by atoms with Crippen LogP contribution in [0.3, 0.4) is 0 Å². The molecule has 0 aromatic carbocycles. The highest BCUT2D eigenvalue weighted by Gasteiger charge is 2.09. The molecule has 0 atom stereocenters.